The highest BCUT2D eigenvalue weighted by Gasteiger charge is 2.05. The molecule has 1 rings (SSSR count). The van der Waals surface area contributed by atoms with Gasteiger partial charge in [-0.05, 0) is 34.6 Å². The van der Waals surface area contributed by atoms with E-state index in [-0.39, 0.29) is 5.84 Å². The molecule has 17 heavy (non-hydrogen) atoms. The van der Waals surface area contributed by atoms with E-state index in [0.29, 0.717) is 6.42 Å². The Hall–Kier alpha value is -1.14. The van der Waals surface area contributed by atoms with Crippen molar-refractivity contribution in [2.75, 3.05) is 13.1 Å². The molecule has 6 heteroatoms. The van der Waals surface area contributed by atoms with Gasteiger partial charge < -0.3 is 10.9 Å². The minimum absolute atomic E-state index is 0.257. The molecule has 0 saturated carbocycles. The summed E-state index contributed by atoms with van der Waals surface area (Å²) in [7, 11) is 0. The molecule has 3 N–H and O–H groups in total. The summed E-state index contributed by atoms with van der Waals surface area (Å²) in [6.45, 7) is 4.49. The molecular formula is C11H17BrN4O. The van der Waals surface area contributed by atoms with Crippen molar-refractivity contribution in [3.05, 3.63) is 28.5 Å². The number of rotatable bonds is 6. The molecule has 0 atom stereocenters. The van der Waals surface area contributed by atoms with Gasteiger partial charge in [0.2, 0.25) is 0 Å². The number of oxime groups is 1. The van der Waals surface area contributed by atoms with Crippen LogP contribution in [-0.4, -0.2) is 34.0 Å². The highest BCUT2D eigenvalue weighted by molar-refractivity contribution is 9.10. The van der Waals surface area contributed by atoms with E-state index in [0.717, 1.165) is 29.8 Å². The van der Waals surface area contributed by atoms with Crippen molar-refractivity contribution in [3.63, 3.8) is 0 Å². The standard InChI is InChI=1S/C11H17BrN4O/c1-2-16(6-5-11(13)15-17)8-10-4-3-9(12)7-14-10/h3-4,7,17H,2,5-6,8H2,1H3,(H2,13,15). The lowest BCUT2D eigenvalue weighted by molar-refractivity contribution is 0.280. The number of nitrogens with two attached hydrogens (primary N) is 1. The lowest BCUT2D eigenvalue weighted by Gasteiger charge is -2.19. The average molecular weight is 301 g/mol. The van der Waals surface area contributed by atoms with Crippen LogP contribution in [0.5, 0.6) is 0 Å². The van der Waals surface area contributed by atoms with Crippen molar-refractivity contribution in [1.29, 1.82) is 0 Å². The Labute approximate surface area is 109 Å². The number of hydrogen-bond donors (Lipinski definition) is 2. The van der Waals surface area contributed by atoms with Gasteiger partial charge in [0, 0.05) is 30.2 Å². The fourth-order valence-electron chi connectivity index (χ4n) is 1.40. The van der Waals surface area contributed by atoms with Gasteiger partial charge in [0.05, 0.1) is 5.69 Å². The third-order valence-electron chi connectivity index (χ3n) is 2.43. The molecule has 1 heterocycles. The Balaban J connectivity index is 2.49. The van der Waals surface area contributed by atoms with E-state index >= 15 is 0 Å². The molecule has 0 aliphatic carbocycles. The number of aromatic nitrogens is 1. The lowest BCUT2D eigenvalue weighted by Crippen LogP contribution is -2.28. The van der Waals surface area contributed by atoms with Gasteiger partial charge >= 0.3 is 0 Å². The molecule has 0 bridgehead atoms. The number of pyridine rings is 1. The molecule has 0 unspecified atom stereocenters. The van der Waals surface area contributed by atoms with Crippen LogP contribution in [0.15, 0.2) is 28.0 Å². The first kappa shape index (κ1) is 13.9. The second kappa shape index (κ2) is 7.24. The topological polar surface area (TPSA) is 74.7 Å². The first-order chi connectivity index (χ1) is 8.15. The summed E-state index contributed by atoms with van der Waals surface area (Å²) in [5.41, 5.74) is 6.45. The second-order valence-electron chi connectivity index (χ2n) is 3.68. The van der Waals surface area contributed by atoms with E-state index in [4.69, 9.17) is 10.9 Å². The molecule has 5 nitrogen and oxygen atoms in total. The van der Waals surface area contributed by atoms with Crippen molar-refractivity contribution in [3.8, 4) is 0 Å². The molecule has 94 valence electrons. The molecule has 0 spiro atoms. The Morgan fingerprint density at radius 1 is 1.59 bits per heavy atom. The van der Waals surface area contributed by atoms with Gasteiger partial charge in [-0.3, -0.25) is 9.88 Å². The molecule has 0 aromatic carbocycles. The minimum Gasteiger partial charge on any atom is -0.409 e. The molecule has 0 aliphatic heterocycles. The average Bonchev–Trinajstić information content (AvgIpc) is 2.36. The van der Waals surface area contributed by atoms with Crippen molar-refractivity contribution in [1.82, 2.24) is 9.88 Å². The lowest BCUT2D eigenvalue weighted by atomic mass is 10.3. The van der Waals surface area contributed by atoms with E-state index < -0.39 is 0 Å². The predicted molar refractivity (Wildman–Crippen MR) is 70.9 cm³/mol. The van der Waals surface area contributed by atoms with Crippen LogP contribution in [0.3, 0.4) is 0 Å². The maximum absolute atomic E-state index is 8.47. The SMILES string of the molecule is CCN(CC/C(N)=N/O)Cc1ccc(Br)cn1. The molecule has 0 aliphatic rings. The minimum atomic E-state index is 0.257. The summed E-state index contributed by atoms with van der Waals surface area (Å²) in [6, 6.07) is 3.95. The van der Waals surface area contributed by atoms with Crippen molar-refractivity contribution < 1.29 is 5.21 Å². The van der Waals surface area contributed by atoms with Gasteiger partial charge in [0.15, 0.2) is 0 Å². The fourth-order valence-corrected chi connectivity index (χ4v) is 1.64. The summed E-state index contributed by atoms with van der Waals surface area (Å²) in [5, 5.41) is 11.4. The summed E-state index contributed by atoms with van der Waals surface area (Å²) in [4.78, 5) is 6.50. The van der Waals surface area contributed by atoms with Gasteiger partial charge in [0.1, 0.15) is 5.84 Å². The fraction of sp³-hybridized carbons (Fsp3) is 0.455. The van der Waals surface area contributed by atoms with Crippen molar-refractivity contribution in [2.24, 2.45) is 10.9 Å². The normalized spacial score (nSPS) is 12.1. The monoisotopic (exact) mass is 300 g/mol. The first-order valence-corrected chi connectivity index (χ1v) is 6.24. The second-order valence-corrected chi connectivity index (χ2v) is 4.59. The number of halogens is 1. The Kier molecular flexibility index (Phi) is 5.93. The molecule has 0 saturated heterocycles. The van der Waals surface area contributed by atoms with Crippen LogP contribution in [0.1, 0.15) is 19.0 Å². The number of hydrogen-bond acceptors (Lipinski definition) is 4. The van der Waals surface area contributed by atoms with Crippen LogP contribution in [0.25, 0.3) is 0 Å². The van der Waals surface area contributed by atoms with Crippen LogP contribution in [0.2, 0.25) is 0 Å². The van der Waals surface area contributed by atoms with Crippen molar-refractivity contribution in [2.45, 2.75) is 19.9 Å². The number of amidine groups is 1. The quantitative estimate of drug-likeness (QED) is 0.364. The predicted octanol–water partition coefficient (Wildman–Crippen LogP) is 1.80. The maximum Gasteiger partial charge on any atom is 0.140 e. The molecule has 0 amide bonds. The van der Waals surface area contributed by atoms with Crippen LogP contribution >= 0.6 is 15.9 Å². The largest absolute Gasteiger partial charge is 0.409 e. The molecule has 0 fully saturated rings. The van der Waals surface area contributed by atoms with E-state index in [1.165, 1.54) is 0 Å². The zero-order valence-corrected chi connectivity index (χ0v) is 11.4. The number of nitrogens with zero attached hydrogens (tertiary/aromatic N) is 3. The van der Waals surface area contributed by atoms with Crippen LogP contribution in [0.4, 0.5) is 0 Å². The highest BCUT2D eigenvalue weighted by atomic mass is 79.9. The van der Waals surface area contributed by atoms with Gasteiger partial charge in [-0.15, -0.1) is 0 Å². The Bertz CT molecular complexity index is 366. The summed E-state index contributed by atoms with van der Waals surface area (Å²) < 4.78 is 0.973. The summed E-state index contributed by atoms with van der Waals surface area (Å²) in [6.07, 6.45) is 2.34. The van der Waals surface area contributed by atoms with E-state index in [2.05, 4.69) is 37.9 Å². The molecule has 1 aromatic heterocycles. The van der Waals surface area contributed by atoms with Crippen molar-refractivity contribution >= 4 is 21.8 Å². The van der Waals surface area contributed by atoms with E-state index in [9.17, 15) is 0 Å². The maximum atomic E-state index is 8.47. The zero-order chi connectivity index (χ0) is 12.7. The molecule has 0 radical (unpaired) electrons. The Morgan fingerprint density at radius 2 is 2.35 bits per heavy atom. The van der Waals surface area contributed by atoms with Crippen LogP contribution in [-0.2, 0) is 6.54 Å². The molecule has 1 aromatic rings. The van der Waals surface area contributed by atoms with Gasteiger partial charge in [-0.2, -0.15) is 0 Å². The summed E-state index contributed by atoms with van der Waals surface area (Å²) >= 11 is 3.35. The van der Waals surface area contributed by atoms with Gasteiger partial charge in [-0.25, -0.2) is 0 Å². The van der Waals surface area contributed by atoms with E-state index in [1.54, 1.807) is 6.20 Å². The van der Waals surface area contributed by atoms with Crippen LogP contribution in [0, 0.1) is 0 Å². The third kappa shape index (κ3) is 5.14. The Morgan fingerprint density at radius 3 is 2.88 bits per heavy atom. The first-order valence-electron chi connectivity index (χ1n) is 5.45. The van der Waals surface area contributed by atoms with Crippen LogP contribution < -0.4 is 5.73 Å². The highest BCUT2D eigenvalue weighted by Crippen LogP contribution is 2.09. The summed E-state index contributed by atoms with van der Waals surface area (Å²) in [5.74, 6) is 0.257. The molecular weight excluding hydrogens is 284 g/mol. The zero-order valence-electron chi connectivity index (χ0n) is 9.80. The van der Waals surface area contributed by atoms with E-state index in [1.807, 2.05) is 12.1 Å². The van der Waals surface area contributed by atoms with Gasteiger partial charge in [0.25, 0.3) is 0 Å². The smallest absolute Gasteiger partial charge is 0.140 e. The third-order valence-corrected chi connectivity index (χ3v) is 2.90. The van der Waals surface area contributed by atoms with Gasteiger partial charge in [-0.1, -0.05) is 12.1 Å².